The zero-order valence-corrected chi connectivity index (χ0v) is 25.2. The van der Waals surface area contributed by atoms with Gasteiger partial charge in [-0.15, -0.1) is 11.3 Å². The van der Waals surface area contributed by atoms with E-state index in [0.29, 0.717) is 24.6 Å². The second-order valence-corrected chi connectivity index (χ2v) is 13.1. The lowest BCUT2D eigenvalue weighted by molar-refractivity contribution is 0.0947. The number of ether oxygens (including phenoxy) is 1. The summed E-state index contributed by atoms with van der Waals surface area (Å²) in [4.78, 5) is 20.0. The Balaban J connectivity index is 1.37. The molecule has 214 valence electrons. The summed E-state index contributed by atoms with van der Waals surface area (Å²) >= 11 is 1.65. The molecule has 2 aromatic heterocycles. The first-order chi connectivity index (χ1) is 20.4. The molecule has 0 bridgehead atoms. The number of hydrogen-bond donors (Lipinski definition) is 1. The van der Waals surface area contributed by atoms with E-state index in [9.17, 15) is 4.79 Å². The molecule has 1 atom stereocenters. The molecule has 5 aromatic rings. The second-order valence-electron chi connectivity index (χ2n) is 12.0. The summed E-state index contributed by atoms with van der Waals surface area (Å²) in [7, 11) is 0. The van der Waals surface area contributed by atoms with Crippen molar-refractivity contribution < 1.29 is 13.9 Å². The van der Waals surface area contributed by atoms with Crippen LogP contribution >= 0.6 is 11.3 Å². The minimum Gasteiger partial charge on any atom is -0.488 e. The molecular weight excluding hydrogens is 540 g/mol. The molecular formula is C36H36N2O3S. The van der Waals surface area contributed by atoms with Crippen LogP contribution in [-0.2, 0) is 26.0 Å². The van der Waals surface area contributed by atoms with E-state index in [4.69, 9.17) is 14.1 Å². The zero-order valence-electron chi connectivity index (χ0n) is 24.4. The Morgan fingerprint density at radius 1 is 1.05 bits per heavy atom. The lowest BCUT2D eigenvalue weighted by Gasteiger charge is -2.33. The highest BCUT2D eigenvalue weighted by Gasteiger charge is 2.33. The molecule has 0 radical (unpaired) electrons. The van der Waals surface area contributed by atoms with Crippen LogP contribution in [0, 0.1) is 11.3 Å². The van der Waals surface area contributed by atoms with Crippen molar-refractivity contribution in [2.24, 2.45) is 16.3 Å². The van der Waals surface area contributed by atoms with Crippen molar-refractivity contribution in [3.8, 4) is 5.75 Å². The van der Waals surface area contributed by atoms with Gasteiger partial charge in [0.1, 0.15) is 23.1 Å². The SMILES string of the molecule is CC(C)(C)[C@H]1CCc2c(sc(N=Cc3c(OCc4ccccc4)ccc4ccccc34)c2C(=O)NCc2ccco2)C1. The van der Waals surface area contributed by atoms with Crippen molar-refractivity contribution in [2.45, 2.75) is 53.2 Å². The molecule has 0 saturated heterocycles. The van der Waals surface area contributed by atoms with Crippen LogP contribution in [0.15, 0.2) is 94.5 Å². The lowest BCUT2D eigenvalue weighted by atomic mass is 9.72. The molecule has 1 N–H and O–H groups in total. The van der Waals surface area contributed by atoms with Gasteiger partial charge in [-0.05, 0) is 70.7 Å². The standard InChI is InChI=1S/C36H36N2O3S/c1-36(2,3)26-16-17-29-32(20-26)42-35(33(29)34(39)37-21-27-13-9-19-40-27)38-22-30-28-14-8-7-12-25(28)15-18-31(30)41-23-24-10-5-4-6-11-24/h4-15,18-19,22,26H,16-17,20-21,23H2,1-3H3,(H,37,39)/t26-/m0/s1. The minimum absolute atomic E-state index is 0.108. The van der Waals surface area contributed by atoms with Crippen LogP contribution in [0.5, 0.6) is 5.75 Å². The number of amides is 1. The van der Waals surface area contributed by atoms with E-state index in [1.165, 1.54) is 4.88 Å². The molecule has 6 heteroatoms. The summed E-state index contributed by atoms with van der Waals surface area (Å²) in [6.45, 7) is 7.73. The number of rotatable bonds is 8. The predicted octanol–water partition coefficient (Wildman–Crippen LogP) is 8.90. The number of nitrogens with zero attached hydrogens (tertiary/aromatic N) is 1. The molecule has 0 saturated carbocycles. The van der Waals surface area contributed by atoms with Crippen molar-refractivity contribution >= 4 is 39.2 Å². The van der Waals surface area contributed by atoms with Crippen molar-refractivity contribution in [3.63, 3.8) is 0 Å². The average molecular weight is 577 g/mol. The number of fused-ring (bicyclic) bond motifs is 2. The first kappa shape index (κ1) is 28.0. The smallest absolute Gasteiger partial charge is 0.255 e. The minimum atomic E-state index is -0.108. The summed E-state index contributed by atoms with van der Waals surface area (Å²) in [5.74, 6) is 1.94. The van der Waals surface area contributed by atoms with Gasteiger partial charge in [0.2, 0.25) is 0 Å². The van der Waals surface area contributed by atoms with Crippen LogP contribution < -0.4 is 10.1 Å². The van der Waals surface area contributed by atoms with Crippen molar-refractivity contribution in [1.29, 1.82) is 0 Å². The van der Waals surface area contributed by atoms with Gasteiger partial charge in [0.25, 0.3) is 5.91 Å². The Morgan fingerprint density at radius 3 is 2.64 bits per heavy atom. The molecule has 1 aliphatic rings. The van der Waals surface area contributed by atoms with Gasteiger partial charge in [0, 0.05) is 16.7 Å². The molecule has 6 rings (SSSR count). The zero-order chi connectivity index (χ0) is 29.1. The van der Waals surface area contributed by atoms with Crippen LogP contribution in [-0.4, -0.2) is 12.1 Å². The third kappa shape index (κ3) is 6.04. The number of carbonyl (C=O) groups excluding carboxylic acids is 1. The Morgan fingerprint density at radius 2 is 1.86 bits per heavy atom. The predicted molar refractivity (Wildman–Crippen MR) is 171 cm³/mol. The fourth-order valence-corrected chi connectivity index (χ4v) is 6.97. The molecule has 2 heterocycles. The van der Waals surface area contributed by atoms with Gasteiger partial charge < -0.3 is 14.5 Å². The highest BCUT2D eigenvalue weighted by molar-refractivity contribution is 7.16. The number of aliphatic imine (C=N–C) groups is 1. The maximum Gasteiger partial charge on any atom is 0.255 e. The van der Waals surface area contributed by atoms with E-state index < -0.39 is 0 Å². The molecule has 42 heavy (non-hydrogen) atoms. The van der Waals surface area contributed by atoms with E-state index in [1.54, 1.807) is 17.6 Å². The van der Waals surface area contributed by atoms with Crippen LogP contribution in [0.2, 0.25) is 0 Å². The Kier molecular flexibility index (Phi) is 7.98. The summed E-state index contributed by atoms with van der Waals surface area (Å²) < 4.78 is 11.8. The van der Waals surface area contributed by atoms with Gasteiger partial charge in [-0.3, -0.25) is 4.79 Å². The van der Waals surface area contributed by atoms with Gasteiger partial charge in [-0.25, -0.2) is 4.99 Å². The average Bonchev–Trinajstić information content (AvgIpc) is 3.65. The van der Waals surface area contributed by atoms with Crippen LogP contribution in [0.3, 0.4) is 0 Å². The molecule has 5 nitrogen and oxygen atoms in total. The monoisotopic (exact) mass is 576 g/mol. The molecule has 3 aromatic carbocycles. The fraction of sp³-hybridized carbons (Fsp3) is 0.278. The summed E-state index contributed by atoms with van der Waals surface area (Å²) in [6.07, 6.45) is 6.42. The first-order valence-electron chi connectivity index (χ1n) is 14.5. The van der Waals surface area contributed by atoms with Crippen molar-refractivity contribution in [3.05, 3.63) is 118 Å². The van der Waals surface area contributed by atoms with E-state index in [0.717, 1.165) is 63.2 Å². The maximum absolute atomic E-state index is 13.7. The number of carbonyl (C=O) groups is 1. The Labute approximate surface area is 251 Å². The number of hydrogen-bond acceptors (Lipinski definition) is 5. The van der Waals surface area contributed by atoms with Gasteiger partial charge in [-0.2, -0.15) is 0 Å². The third-order valence-electron chi connectivity index (χ3n) is 8.18. The summed E-state index contributed by atoms with van der Waals surface area (Å²) in [5, 5.41) is 5.99. The normalized spacial score (nSPS) is 15.2. The topological polar surface area (TPSA) is 63.8 Å². The van der Waals surface area contributed by atoms with Gasteiger partial charge in [0.15, 0.2) is 0 Å². The van der Waals surface area contributed by atoms with Gasteiger partial charge in [-0.1, -0.05) is 81.4 Å². The van der Waals surface area contributed by atoms with Crippen LogP contribution in [0.4, 0.5) is 5.00 Å². The van der Waals surface area contributed by atoms with Gasteiger partial charge >= 0.3 is 0 Å². The number of furan rings is 1. The van der Waals surface area contributed by atoms with Crippen molar-refractivity contribution in [1.82, 2.24) is 5.32 Å². The Bertz CT molecular complexity index is 1710. The highest BCUT2D eigenvalue weighted by Crippen LogP contribution is 2.45. The van der Waals surface area contributed by atoms with Crippen LogP contribution in [0.1, 0.15) is 64.9 Å². The van der Waals surface area contributed by atoms with E-state index >= 15 is 0 Å². The van der Waals surface area contributed by atoms with Crippen molar-refractivity contribution in [2.75, 3.05) is 0 Å². The Hall–Kier alpha value is -4.16. The third-order valence-corrected chi connectivity index (χ3v) is 9.34. The number of thiophene rings is 1. The molecule has 1 amide bonds. The second kappa shape index (κ2) is 12.0. The highest BCUT2D eigenvalue weighted by atomic mass is 32.1. The summed E-state index contributed by atoms with van der Waals surface area (Å²) in [5.41, 5.74) is 4.05. The molecule has 0 fully saturated rings. The van der Waals surface area contributed by atoms with Gasteiger partial charge in [0.05, 0.1) is 18.4 Å². The molecule has 0 unspecified atom stereocenters. The van der Waals surface area contributed by atoms with E-state index in [1.807, 2.05) is 54.7 Å². The maximum atomic E-state index is 13.7. The van der Waals surface area contributed by atoms with Crippen LogP contribution in [0.25, 0.3) is 10.8 Å². The lowest BCUT2D eigenvalue weighted by Crippen LogP contribution is -2.28. The van der Waals surface area contributed by atoms with E-state index in [-0.39, 0.29) is 11.3 Å². The number of benzene rings is 3. The molecule has 1 aliphatic carbocycles. The number of nitrogens with one attached hydrogen (secondary N) is 1. The molecule has 0 spiro atoms. The first-order valence-corrected chi connectivity index (χ1v) is 15.4. The quantitative estimate of drug-likeness (QED) is 0.188. The summed E-state index contributed by atoms with van der Waals surface area (Å²) in [6, 6.07) is 26.2. The fourth-order valence-electron chi connectivity index (χ4n) is 5.70. The van der Waals surface area contributed by atoms with E-state index in [2.05, 4.69) is 56.4 Å². The molecule has 0 aliphatic heterocycles. The largest absolute Gasteiger partial charge is 0.488 e.